The van der Waals surface area contributed by atoms with Gasteiger partial charge >= 0.3 is 0 Å². The highest BCUT2D eigenvalue weighted by Gasteiger charge is 2.34. The lowest BCUT2D eigenvalue weighted by molar-refractivity contribution is -0.123. The quantitative estimate of drug-likeness (QED) is 0.142. The molecule has 0 saturated heterocycles. The molecule has 250 valence electrons. The third-order valence-corrected chi connectivity index (χ3v) is 9.71. The third-order valence-electron chi connectivity index (χ3n) is 9.71. The van der Waals surface area contributed by atoms with Crippen molar-refractivity contribution < 1.29 is 19.5 Å². The van der Waals surface area contributed by atoms with Gasteiger partial charge in [-0.1, -0.05) is 66.2 Å². The lowest BCUT2D eigenvalue weighted by atomic mass is 9.78. The Bertz CT molecular complexity index is 1260. The molecule has 0 spiro atoms. The van der Waals surface area contributed by atoms with Gasteiger partial charge in [0, 0.05) is 41.9 Å². The number of aliphatic hydroxyl groups excluding tert-OH is 1. The molecule has 0 radical (unpaired) electrons. The van der Waals surface area contributed by atoms with E-state index in [2.05, 4.69) is 20.3 Å². The van der Waals surface area contributed by atoms with E-state index in [0.717, 1.165) is 25.7 Å². The molecule has 0 aliphatic heterocycles. The van der Waals surface area contributed by atoms with Gasteiger partial charge in [0.05, 0.1) is 42.4 Å². The first-order valence-electron chi connectivity index (χ1n) is 16.6. The van der Waals surface area contributed by atoms with Crippen LogP contribution in [0.1, 0.15) is 117 Å². The molecule has 1 unspecified atom stereocenters. The van der Waals surface area contributed by atoms with Crippen molar-refractivity contribution >= 4 is 17.5 Å². The Kier molecular flexibility index (Phi) is 13.8. The molecule has 1 aliphatic carbocycles. The highest BCUT2D eigenvalue weighted by molar-refractivity contribution is 6.12. The summed E-state index contributed by atoms with van der Waals surface area (Å²) >= 11 is 0. The molecule has 2 aromatic rings. The van der Waals surface area contributed by atoms with Crippen molar-refractivity contribution in [1.82, 2.24) is 20.3 Å². The molecule has 45 heavy (non-hydrogen) atoms. The maximum atomic E-state index is 14.2. The first kappa shape index (κ1) is 36.5. The highest BCUT2D eigenvalue weighted by atomic mass is 16.3. The molecule has 6 atom stereocenters. The molecule has 3 rings (SSSR count). The van der Waals surface area contributed by atoms with Gasteiger partial charge in [0.15, 0.2) is 11.6 Å². The second-order valence-corrected chi connectivity index (χ2v) is 13.4. The van der Waals surface area contributed by atoms with Gasteiger partial charge in [0.2, 0.25) is 5.91 Å². The van der Waals surface area contributed by atoms with Crippen LogP contribution in [0, 0.1) is 30.6 Å². The summed E-state index contributed by atoms with van der Waals surface area (Å²) in [7, 11) is 0. The number of hydrogen-bond acceptors (Lipinski definition) is 9. The van der Waals surface area contributed by atoms with E-state index in [1.54, 1.807) is 13.1 Å². The molecule has 1 aliphatic rings. The summed E-state index contributed by atoms with van der Waals surface area (Å²) in [5, 5.41) is 14.0. The Balaban J connectivity index is 1.90. The molecule has 1 fully saturated rings. The molecule has 1 saturated carbocycles. The van der Waals surface area contributed by atoms with Crippen LogP contribution in [-0.2, 0) is 17.8 Å². The number of pyridine rings is 1. The minimum atomic E-state index is -0.964. The van der Waals surface area contributed by atoms with E-state index >= 15 is 0 Å². The summed E-state index contributed by atoms with van der Waals surface area (Å²) in [4.78, 5) is 52.5. The van der Waals surface area contributed by atoms with Gasteiger partial charge in [-0.15, -0.1) is 0 Å². The number of Topliss-reactive ketones (excluding diaryl/α,β-unsaturated/α-hetero) is 2. The normalized spacial score (nSPS) is 18.2. The summed E-state index contributed by atoms with van der Waals surface area (Å²) in [6, 6.07) is -2.07. The summed E-state index contributed by atoms with van der Waals surface area (Å²) < 4.78 is 0. The molecule has 0 aromatic carbocycles. The fourth-order valence-corrected chi connectivity index (χ4v) is 6.32. The lowest BCUT2D eigenvalue weighted by Crippen LogP contribution is -2.44. The van der Waals surface area contributed by atoms with Crippen LogP contribution in [0.5, 0.6) is 0 Å². The molecule has 2 heterocycles. The van der Waals surface area contributed by atoms with Crippen molar-refractivity contribution in [2.75, 3.05) is 0 Å². The van der Waals surface area contributed by atoms with Gasteiger partial charge in [-0.25, -0.2) is 4.98 Å². The van der Waals surface area contributed by atoms with Crippen LogP contribution in [0.2, 0.25) is 0 Å². The number of aromatic amines is 1. The number of rotatable bonds is 17. The minimum absolute atomic E-state index is 0.00432. The van der Waals surface area contributed by atoms with Crippen LogP contribution in [0.25, 0.3) is 0 Å². The summed E-state index contributed by atoms with van der Waals surface area (Å²) in [6.07, 6.45) is 11.5. The van der Waals surface area contributed by atoms with Gasteiger partial charge in [0.1, 0.15) is 0 Å². The number of hydrogen-bond donors (Lipinski definition) is 6. The second kappa shape index (κ2) is 17.1. The Morgan fingerprint density at radius 1 is 1.07 bits per heavy atom. The van der Waals surface area contributed by atoms with Gasteiger partial charge in [0.25, 0.3) is 0 Å². The zero-order valence-electron chi connectivity index (χ0n) is 27.7. The SMILES string of the molecule is CC[C@H](C)[C@H](N)C(=O)NCc1ncc(C(=O)C(C[C@H](O)[C@@H](N)CC2CCCCC2)C(C)C)c(C(=O)[C@@H](N)Cc2c[nH]cn2)c1C. The standard InChI is InChI=1S/C34H55N7O4/c1-6-20(4)31(37)34(45)40-17-28-21(5)30(33(44)27(36)13-23-15-38-18-41-23)25(16-39-28)32(43)24(19(2)3)14-29(42)26(35)12-22-10-8-7-9-11-22/h15-16,18-20,22,24,26-27,29,31,42H,6-14,17,35-37H2,1-5H3,(H,38,41)(H,40,45)/t20-,24?,26-,27-,29-,31-/m0/s1. The van der Waals surface area contributed by atoms with Gasteiger partial charge in [-0.05, 0) is 43.1 Å². The van der Waals surface area contributed by atoms with Gasteiger partial charge in [-0.2, -0.15) is 0 Å². The van der Waals surface area contributed by atoms with E-state index in [9.17, 15) is 19.5 Å². The molecule has 1 amide bonds. The monoisotopic (exact) mass is 625 g/mol. The number of aromatic nitrogens is 3. The van der Waals surface area contributed by atoms with Gasteiger partial charge < -0.3 is 32.6 Å². The van der Waals surface area contributed by atoms with E-state index in [1.807, 2.05) is 27.7 Å². The maximum Gasteiger partial charge on any atom is 0.237 e. The van der Waals surface area contributed by atoms with E-state index in [4.69, 9.17) is 17.2 Å². The summed E-state index contributed by atoms with van der Waals surface area (Å²) in [6.45, 7) is 9.50. The fraction of sp³-hybridized carbons (Fsp3) is 0.676. The molecule has 11 nitrogen and oxygen atoms in total. The van der Waals surface area contributed by atoms with E-state index in [1.165, 1.54) is 31.8 Å². The largest absolute Gasteiger partial charge is 0.391 e. The average molecular weight is 626 g/mol. The Morgan fingerprint density at radius 2 is 1.76 bits per heavy atom. The molecular formula is C34H55N7O4. The number of carbonyl (C=O) groups is 3. The third kappa shape index (κ3) is 9.75. The number of H-pyrrole nitrogens is 1. The van der Waals surface area contributed by atoms with Crippen molar-refractivity contribution in [3.8, 4) is 0 Å². The van der Waals surface area contributed by atoms with Crippen molar-refractivity contribution in [1.29, 1.82) is 0 Å². The fourth-order valence-electron chi connectivity index (χ4n) is 6.32. The smallest absolute Gasteiger partial charge is 0.237 e. The average Bonchev–Trinajstić information content (AvgIpc) is 3.54. The Morgan fingerprint density at radius 3 is 2.36 bits per heavy atom. The van der Waals surface area contributed by atoms with E-state index < -0.39 is 35.9 Å². The van der Waals surface area contributed by atoms with Crippen LogP contribution in [0.3, 0.4) is 0 Å². The number of ketones is 2. The van der Waals surface area contributed by atoms with Crippen LogP contribution >= 0.6 is 0 Å². The number of carbonyl (C=O) groups excluding carboxylic acids is 3. The first-order valence-corrected chi connectivity index (χ1v) is 16.6. The summed E-state index contributed by atoms with van der Waals surface area (Å²) in [5.74, 6) is -1.24. The Labute approximate surface area is 267 Å². The predicted octanol–water partition coefficient (Wildman–Crippen LogP) is 3.36. The molecule has 2 aromatic heterocycles. The predicted molar refractivity (Wildman–Crippen MR) is 175 cm³/mol. The zero-order chi connectivity index (χ0) is 33.3. The number of aliphatic hydroxyl groups is 1. The number of amides is 1. The zero-order valence-corrected chi connectivity index (χ0v) is 27.7. The van der Waals surface area contributed by atoms with Crippen LogP contribution in [0.15, 0.2) is 18.7 Å². The molecule has 9 N–H and O–H groups in total. The minimum Gasteiger partial charge on any atom is -0.391 e. The van der Waals surface area contributed by atoms with Crippen LogP contribution < -0.4 is 22.5 Å². The number of nitrogens with one attached hydrogen (secondary N) is 2. The van der Waals surface area contributed by atoms with Gasteiger partial charge in [-0.3, -0.25) is 19.4 Å². The van der Waals surface area contributed by atoms with Crippen molar-refractivity contribution in [3.05, 3.63) is 46.8 Å². The second-order valence-electron chi connectivity index (χ2n) is 13.4. The van der Waals surface area contributed by atoms with Crippen molar-refractivity contribution in [2.24, 2.45) is 40.9 Å². The topological polar surface area (TPSA) is 203 Å². The maximum absolute atomic E-state index is 14.2. The Hall–Kier alpha value is -2.99. The number of nitrogens with zero attached hydrogens (tertiary/aromatic N) is 2. The van der Waals surface area contributed by atoms with E-state index in [0.29, 0.717) is 22.9 Å². The highest BCUT2D eigenvalue weighted by Crippen LogP contribution is 2.31. The first-order chi connectivity index (χ1) is 21.3. The van der Waals surface area contributed by atoms with Crippen molar-refractivity contribution in [3.63, 3.8) is 0 Å². The lowest BCUT2D eigenvalue weighted by Gasteiger charge is -2.30. The molecule has 11 heteroatoms. The summed E-state index contributed by atoms with van der Waals surface area (Å²) in [5.41, 5.74) is 20.9. The number of imidazole rings is 1. The van der Waals surface area contributed by atoms with Crippen LogP contribution in [0.4, 0.5) is 0 Å². The molecular weight excluding hydrogens is 570 g/mol. The molecule has 0 bridgehead atoms. The van der Waals surface area contributed by atoms with Crippen molar-refractivity contribution in [2.45, 2.75) is 123 Å². The van der Waals surface area contributed by atoms with E-state index in [-0.39, 0.29) is 54.0 Å². The van der Waals surface area contributed by atoms with Crippen LogP contribution in [-0.4, -0.2) is 61.8 Å². The number of nitrogens with two attached hydrogens (primary N) is 3.